The first-order valence-electron chi connectivity index (χ1n) is 6.88. The summed E-state index contributed by atoms with van der Waals surface area (Å²) in [4.78, 5) is 11.7. The molecule has 5 heteroatoms. The van der Waals surface area contributed by atoms with E-state index in [-0.39, 0.29) is 11.7 Å². The summed E-state index contributed by atoms with van der Waals surface area (Å²) in [5.41, 5.74) is 5.25. The van der Waals surface area contributed by atoms with Crippen LogP contribution in [0.4, 0.5) is 0 Å². The van der Waals surface area contributed by atoms with Crippen molar-refractivity contribution in [3.05, 3.63) is 65.2 Å². The maximum absolute atomic E-state index is 11.7. The van der Waals surface area contributed by atoms with E-state index in [1.54, 1.807) is 12.1 Å². The van der Waals surface area contributed by atoms with E-state index in [9.17, 15) is 9.90 Å². The minimum absolute atomic E-state index is 0.141. The molecule has 0 saturated heterocycles. The van der Waals surface area contributed by atoms with Gasteiger partial charge in [0, 0.05) is 11.3 Å². The molecule has 0 bridgehead atoms. The molecule has 114 valence electrons. The number of phenols is 1. The van der Waals surface area contributed by atoms with Crippen LogP contribution >= 0.6 is 11.8 Å². The highest BCUT2D eigenvalue weighted by molar-refractivity contribution is 7.99. The van der Waals surface area contributed by atoms with Gasteiger partial charge in [0.15, 0.2) is 0 Å². The summed E-state index contributed by atoms with van der Waals surface area (Å²) in [6, 6.07) is 15.2. The number of hydrogen-bond acceptors (Lipinski definition) is 4. The molecule has 2 aromatic carbocycles. The zero-order valence-corrected chi connectivity index (χ0v) is 13.1. The molecule has 22 heavy (non-hydrogen) atoms. The molecule has 0 aliphatic carbocycles. The van der Waals surface area contributed by atoms with Crippen LogP contribution in [0.1, 0.15) is 16.7 Å². The van der Waals surface area contributed by atoms with Crippen LogP contribution in [-0.4, -0.2) is 23.0 Å². The van der Waals surface area contributed by atoms with Gasteiger partial charge in [-0.3, -0.25) is 4.79 Å². The van der Waals surface area contributed by atoms with Gasteiger partial charge in [-0.2, -0.15) is 5.10 Å². The molecule has 0 heterocycles. The number of amides is 1. The molecule has 0 radical (unpaired) electrons. The Labute approximate surface area is 134 Å². The van der Waals surface area contributed by atoms with Crippen molar-refractivity contribution < 1.29 is 9.90 Å². The largest absolute Gasteiger partial charge is 0.507 e. The lowest BCUT2D eigenvalue weighted by Crippen LogP contribution is -2.19. The van der Waals surface area contributed by atoms with E-state index in [2.05, 4.69) is 10.5 Å². The second-order valence-electron chi connectivity index (χ2n) is 4.83. The first-order valence-corrected chi connectivity index (χ1v) is 8.04. The number of thioether (sulfide) groups is 1. The molecular formula is C17H18N2O2S. The molecule has 4 nitrogen and oxygen atoms in total. The number of carbonyl (C=O) groups is 1. The van der Waals surface area contributed by atoms with Crippen LogP contribution in [-0.2, 0) is 10.5 Å². The summed E-state index contributed by atoms with van der Waals surface area (Å²) in [5.74, 6) is 1.11. The van der Waals surface area contributed by atoms with Crippen LogP contribution in [0, 0.1) is 6.92 Å². The van der Waals surface area contributed by atoms with Crippen molar-refractivity contribution in [3.8, 4) is 5.75 Å². The Hall–Kier alpha value is -2.27. The lowest BCUT2D eigenvalue weighted by atomic mass is 10.1. The standard InChI is InChI=1S/C17H18N2O2S/c1-13-7-8-16(20)15(9-13)10-18-19-17(21)12-22-11-14-5-3-2-4-6-14/h2-10,20H,11-12H2,1H3,(H,19,21)/b18-10-. The second-order valence-corrected chi connectivity index (χ2v) is 5.82. The molecule has 2 rings (SSSR count). The number of hydrazone groups is 1. The number of aromatic hydroxyl groups is 1. The van der Waals surface area contributed by atoms with E-state index in [0.29, 0.717) is 11.3 Å². The first kappa shape index (κ1) is 16.1. The highest BCUT2D eigenvalue weighted by Crippen LogP contribution is 2.15. The third kappa shape index (κ3) is 5.26. The normalized spacial score (nSPS) is 10.8. The highest BCUT2D eigenvalue weighted by Gasteiger charge is 2.01. The second kappa shape index (κ2) is 8.24. The van der Waals surface area contributed by atoms with E-state index in [1.807, 2.05) is 43.3 Å². The molecule has 0 fully saturated rings. The molecule has 2 aromatic rings. The summed E-state index contributed by atoms with van der Waals surface area (Å²) in [6.45, 7) is 1.93. The Morgan fingerprint density at radius 1 is 1.27 bits per heavy atom. The van der Waals surface area contributed by atoms with Gasteiger partial charge in [0.05, 0.1) is 12.0 Å². The predicted octanol–water partition coefficient (Wildman–Crippen LogP) is 3.08. The van der Waals surface area contributed by atoms with Gasteiger partial charge in [0.2, 0.25) is 5.91 Å². The summed E-state index contributed by atoms with van der Waals surface area (Å²) in [7, 11) is 0. The van der Waals surface area contributed by atoms with Gasteiger partial charge >= 0.3 is 0 Å². The minimum Gasteiger partial charge on any atom is -0.507 e. The van der Waals surface area contributed by atoms with Gasteiger partial charge in [0.25, 0.3) is 0 Å². The third-order valence-corrected chi connectivity index (χ3v) is 3.92. The van der Waals surface area contributed by atoms with Crippen molar-refractivity contribution in [1.29, 1.82) is 0 Å². The van der Waals surface area contributed by atoms with Crippen molar-refractivity contribution in [3.63, 3.8) is 0 Å². The average Bonchev–Trinajstić information content (AvgIpc) is 2.52. The topological polar surface area (TPSA) is 61.7 Å². The maximum Gasteiger partial charge on any atom is 0.250 e. The van der Waals surface area contributed by atoms with Gasteiger partial charge in [-0.15, -0.1) is 11.8 Å². The molecule has 0 aliphatic heterocycles. The number of phenolic OH excluding ortho intramolecular Hbond substituents is 1. The van der Waals surface area contributed by atoms with Crippen molar-refractivity contribution in [1.82, 2.24) is 5.43 Å². The van der Waals surface area contributed by atoms with E-state index in [1.165, 1.54) is 23.5 Å². The maximum atomic E-state index is 11.7. The van der Waals surface area contributed by atoms with Gasteiger partial charge < -0.3 is 5.11 Å². The predicted molar refractivity (Wildman–Crippen MR) is 91.2 cm³/mol. The van der Waals surface area contributed by atoms with Crippen LogP contribution in [0.15, 0.2) is 53.6 Å². The molecule has 0 spiro atoms. The Kier molecular flexibility index (Phi) is 6.03. The number of aryl methyl sites for hydroxylation is 1. The Morgan fingerprint density at radius 3 is 2.82 bits per heavy atom. The quantitative estimate of drug-likeness (QED) is 0.636. The van der Waals surface area contributed by atoms with Crippen LogP contribution in [0.2, 0.25) is 0 Å². The van der Waals surface area contributed by atoms with Crippen LogP contribution in [0.25, 0.3) is 0 Å². The zero-order valence-electron chi connectivity index (χ0n) is 12.3. The number of carbonyl (C=O) groups excluding carboxylic acids is 1. The molecular weight excluding hydrogens is 296 g/mol. The van der Waals surface area contributed by atoms with Crippen molar-refractivity contribution in [2.75, 3.05) is 5.75 Å². The molecule has 2 N–H and O–H groups in total. The molecule has 0 unspecified atom stereocenters. The van der Waals surface area contributed by atoms with Crippen molar-refractivity contribution >= 4 is 23.9 Å². The first-order chi connectivity index (χ1) is 10.6. The van der Waals surface area contributed by atoms with Gasteiger partial charge in [-0.25, -0.2) is 5.43 Å². The van der Waals surface area contributed by atoms with Crippen LogP contribution in [0.5, 0.6) is 5.75 Å². The van der Waals surface area contributed by atoms with E-state index in [4.69, 9.17) is 0 Å². The average molecular weight is 314 g/mol. The zero-order chi connectivity index (χ0) is 15.8. The Morgan fingerprint density at radius 2 is 2.05 bits per heavy atom. The fourth-order valence-corrected chi connectivity index (χ4v) is 2.60. The SMILES string of the molecule is Cc1ccc(O)c(/C=N\NC(=O)CSCc2ccccc2)c1. The Balaban J connectivity index is 1.75. The molecule has 1 amide bonds. The minimum atomic E-state index is -0.163. The lowest BCUT2D eigenvalue weighted by Gasteiger charge is -2.02. The monoisotopic (exact) mass is 314 g/mol. The highest BCUT2D eigenvalue weighted by atomic mass is 32.2. The number of rotatable bonds is 6. The fourth-order valence-electron chi connectivity index (χ4n) is 1.82. The number of benzene rings is 2. The summed E-state index contributed by atoms with van der Waals surface area (Å²) < 4.78 is 0. The number of nitrogens with zero attached hydrogens (tertiary/aromatic N) is 1. The van der Waals surface area contributed by atoms with Gasteiger partial charge in [-0.1, -0.05) is 42.0 Å². The van der Waals surface area contributed by atoms with Gasteiger partial charge in [0.1, 0.15) is 5.75 Å². The molecule has 0 aromatic heterocycles. The molecule has 0 atom stereocenters. The van der Waals surface area contributed by atoms with Gasteiger partial charge in [-0.05, 0) is 24.6 Å². The van der Waals surface area contributed by atoms with E-state index in [0.717, 1.165) is 11.3 Å². The van der Waals surface area contributed by atoms with Crippen LogP contribution < -0.4 is 5.43 Å². The molecule has 0 aliphatic rings. The van der Waals surface area contributed by atoms with Crippen molar-refractivity contribution in [2.24, 2.45) is 5.10 Å². The Bertz CT molecular complexity index is 657. The van der Waals surface area contributed by atoms with E-state index >= 15 is 0 Å². The summed E-state index contributed by atoms with van der Waals surface area (Å²) >= 11 is 1.53. The number of hydrogen-bond donors (Lipinski definition) is 2. The lowest BCUT2D eigenvalue weighted by molar-refractivity contribution is -0.118. The summed E-state index contributed by atoms with van der Waals surface area (Å²) in [5, 5.41) is 13.5. The van der Waals surface area contributed by atoms with Crippen LogP contribution in [0.3, 0.4) is 0 Å². The number of nitrogens with one attached hydrogen (secondary N) is 1. The fraction of sp³-hybridized carbons (Fsp3) is 0.176. The van der Waals surface area contributed by atoms with Crippen molar-refractivity contribution in [2.45, 2.75) is 12.7 Å². The molecule has 0 saturated carbocycles. The smallest absolute Gasteiger partial charge is 0.250 e. The summed E-state index contributed by atoms with van der Waals surface area (Å²) in [6.07, 6.45) is 1.45. The van der Waals surface area contributed by atoms with E-state index < -0.39 is 0 Å². The third-order valence-electron chi connectivity index (χ3n) is 2.92.